The summed E-state index contributed by atoms with van der Waals surface area (Å²) in [6.07, 6.45) is -0.853. The Bertz CT molecular complexity index is 562. The number of benzene rings is 1. The van der Waals surface area contributed by atoms with Gasteiger partial charge in [0.05, 0.1) is 6.61 Å². The lowest BCUT2D eigenvalue weighted by molar-refractivity contribution is -0.130. The smallest absolute Gasteiger partial charge is 0.408 e. The SMILES string of the molecule is CC(C)[C@H](NC(=O)[C@H](CO)NC(=O)OCc1ccccc1)C(N)=O. The van der Waals surface area contributed by atoms with Gasteiger partial charge in [0, 0.05) is 0 Å². The van der Waals surface area contributed by atoms with Crippen LogP contribution in [-0.2, 0) is 20.9 Å². The number of hydrogen-bond acceptors (Lipinski definition) is 5. The Kier molecular flexibility index (Phi) is 7.70. The van der Waals surface area contributed by atoms with Crippen LogP contribution in [0.2, 0.25) is 0 Å². The number of rotatable bonds is 8. The van der Waals surface area contributed by atoms with E-state index in [9.17, 15) is 19.5 Å². The summed E-state index contributed by atoms with van der Waals surface area (Å²) in [5.74, 6) is -1.64. The summed E-state index contributed by atoms with van der Waals surface area (Å²) in [6, 6.07) is 6.86. The van der Waals surface area contributed by atoms with Crippen molar-refractivity contribution in [3.63, 3.8) is 0 Å². The van der Waals surface area contributed by atoms with Crippen molar-refractivity contribution in [1.82, 2.24) is 10.6 Å². The molecule has 0 fully saturated rings. The van der Waals surface area contributed by atoms with Gasteiger partial charge in [-0.2, -0.15) is 0 Å². The summed E-state index contributed by atoms with van der Waals surface area (Å²) < 4.78 is 4.98. The van der Waals surface area contributed by atoms with Gasteiger partial charge >= 0.3 is 6.09 Å². The van der Waals surface area contributed by atoms with E-state index in [1.54, 1.807) is 38.1 Å². The second-order valence-corrected chi connectivity index (χ2v) is 5.57. The van der Waals surface area contributed by atoms with Crippen molar-refractivity contribution in [2.45, 2.75) is 32.5 Å². The summed E-state index contributed by atoms with van der Waals surface area (Å²) in [4.78, 5) is 35.1. The lowest BCUT2D eigenvalue weighted by atomic mass is 10.0. The fourth-order valence-electron chi connectivity index (χ4n) is 1.92. The summed E-state index contributed by atoms with van der Waals surface area (Å²) in [6.45, 7) is 2.81. The van der Waals surface area contributed by atoms with Crippen LogP contribution in [0.25, 0.3) is 0 Å². The van der Waals surface area contributed by atoms with Gasteiger partial charge in [-0.3, -0.25) is 9.59 Å². The first-order valence-corrected chi connectivity index (χ1v) is 7.53. The third kappa shape index (κ3) is 6.25. The minimum Gasteiger partial charge on any atom is -0.445 e. The van der Waals surface area contributed by atoms with Crippen LogP contribution in [0.5, 0.6) is 0 Å². The fraction of sp³-hybridized carbons (Fsp3) is 0.438. The highest BCUT2D eigenvalue weighted by Crippen LogP contribution is 2.03. The number of amides is 3. The van der Waals surface area contributed by atoms with Gasteiger partial charge in [0.15, 0.2) is 0 Å². The van der Waals surface area contributed by atoms with Crippen molar-refractivity contribution in [2.24, 2.45) is 11.7 Å². The van der Waals surface area contributed by atoms with Crippen molar-refractivity contribution in [3.8, 4) is 0 Å². The lowest BCUT2D eigenvalue weighted by Crippen LogP contribution is -2.55. The topological polar surface area (TPSA) is 131 Å². The number of aliphatic hydroxyl groups excluding tert-OH is 1. The molecule has 5 N–H and O–H groups in total. The highest BCUT2D eigenvalue weighted by Gasteiger charge is 2.27. The Morgan fingerprint density at radius 1 is 1.17 bits per heavy atom. The molecule has 0 saturated heterocycles. The first-order valence-electron chi connectivity index (χ1n) is 7.53. The van der Waals surface area contributed by atoms with Gasteiger partial charge in [0.1, 0.15) is 18.7 Å². The molecule has 0 heterocycles. The quantitative estimate of drug-likeness (QED) is 0.526. The average molecular weight is 337 g/mol. The standard InChI is InChI=1S/C16H23N3O5/c1-10(2)13(14(17)21)19-15(22)12(8-20)18-16(23)24-9-11-6-4-3-5-7-11/h3-7,10,12-13,20H,8-9H2,1-2H3,(H2,17,21)(H,18,23)(H,19,22)/t12-,13-/m0/s1. The van der Waals surface area contributed by atoms with Crippen molar-refractivity contribution in [1.29, 1.82) is 0 Å². The van der Waals surface area contributed by atoms with Crippen LogP contribution in [0.1, 0.15) is 19.4 Å². The molecule has 1 rings (SSSR count). The first-order chi connectivity index (χ1) is 11.3. The molecule has 0 aliphatic carbocycles. The number of carbonyl (C=O) groups excluding carboxylic acids is 3. The zero-order valence-electron chi connectivity index (χ0n) is 13.7. The molecular formula is C16H23N3O5. The molecule has 1 aromatic carbocycles. The number of nitrogens with two attached hydrogens (primary N) is 1. The van der Waals surface area contributed by atoms with Gasteiger partial charge in [-0.15, -0.1) is 0 Å². The van der Waals surface area contributed by atoms with Gasteiger partial charge in [0.2, 0.25) is 11.8 Å². The Labute approximate surface area is 140 Å². The van der Waals surface area contributed by atoms with Crippen LogP contribution in [0.3, 0.4) is 0 Å². The van der Waals surface area contributed by atoms with Gasteiger partial charge < -0.3 is 26.2 Å². The van der Waals surface area contributed by atoms with Crippen LogP contribution < -0.4 is 16.4 Å². The number of carbonyl (C=O) groups is 3. The molecule has 0 saturated carbocycles. The number of primary amides is 1. The average Bonchev–Trinajstić information content (AvgIpc) is 2.55. The molecule has 132 valence electrons. The molecule has 0 aliphatic heterocycles. The number of ether oxygens (including phenoxy) is 1. The maximum absolute atomic E-state index is 12.1. The van der Waals surface area contributed by atoms with E-state index in [2.05, 4.69) is 10.6 Å². The number of aliphatic hydroxyl groups is 1. The van der Waals surface area contributed by atoms with Crippen molar-refractivity contribution >= 4 is 17.9 Å². The summed E-state index contributed by atoms with van der Waals surface area (Å²) in [5.41, 5.74) is 6.00. The maximum Gasteiger partial charge on any atom is 0.408 e. The molecule has 1 aromatic rings. The highest BCUT2D eigenvalue weighted by molar-refractivity contribution is 5.90. The van der Waals surface area contributed by atoms with Crippen LogP contribution in [-0.4, -0.2) is 41.7 Å². The largest absolute Gasteiger partial charge is 0.445 e. The molecule has 2 atom stereocenters. The predicted octanol–water partition coefficient (Wildman–Crippen LogP) is -0.100. The van der Waals surface area contributed by atoms with E-state index < -0.39 is 36.6 Å². The van der Waals surface area contributed by atoms with Crippen LogP contribution >= 0.6 is 0 Å². The van der Waals surface area contributed by atoms with E-state index in [1.807, 2.05) is 6.07 Å². The van der Waals surface area contributed by atoms with Crippen molar-refractivity contribution < 1.29 is 24.2 Å². The van der Waals surface area contributed by atoms with Crippen LogP contribution in [0.15, 0.2) is 30.3 Å². The Hall–Kier alpha value is -2.61. The summed E-state index contributed by atoms with van der Waals surface area (Å²) >= 11 is 0. The molecule has 8 nitrogen and oxygen atoms in total. The van der Waals surface area contributed by atoms with Crippen molar-refractivity contribution in [2.75, 3.05) is 6.61 Å². The minimum atomic E-state index is -1.24. The Morgan fingerprint density at radius 3 is 2.29 bits per heavy atom. The summed E-state index contributed by atoms with van der Waals surface area (Å²) in [7, 11) is 0. The molecule has 8 heteroatoms. The molecule has 0 unspecified atom stereocenters. The van der Waals surface area contributed by atoms with Crippen LogP contribution in [0.4, 0.5) is 4.79 Å². The van der Waals surface area contributed by atoms with Gasteiger partial charge in [-0.25, -0.2) is 4.79 Å². The van der Waals surface area contributed by atoms with Crippen LogP contribution in [0, 0.1) is 5.92 Å². The molecule has 0 bridgehead atoms. The molecule has 0 spiro atoms. The van der Waals surface area contributed by atoms with E-state index in [0.29, 0.717) is 0 Å². The first kappa shape index (κ1) is 19.4. The van der Waals surface area contributed by atoms with E-state index in [1.165, 1.54) is 0 Å². The Morgan fingerprint density at radius 2 is 1.79 bits per heavy atom. The summed E-state index contributed by atoms with van der Waals surface area (Å²) in [5, 5.41) is 13.9. The molecule has 3 amide bonds. The van der Waals surface area contributed by atoms with Gasteiger partial charge in [-0.1, -0.05) is 44.2 Å². The number of nitrogens with one attached hydrogen (secondary N) is 2. The molecule has 24 heavy (non-hydrogen) atoms. The van der Waals surface area contributed by atoms with Gasteiger partial charge in [-0.05, 0) is 11.5 Å². The zero-order valence-corrected chi connectivity index (χ0v) is 13.7. The molecule has 0 aliphatic rings. The Balaban J connectivity index is 2.54. The van der Waals surface area contributed by atoms with Gasteiger partial charge in [0.25, 0.3) is 0 Å². The lowest BCUT2D eigenvalue weighted by Gasteiger charge is -2.22. The van der Waals surface area contributed by atoms with E-state index >= 15 is 0 Å². The van der Waals surface area contributed by atoms with E-state index in [-0.39, 0.29) is 12.5 Å². The zero-order chi connectivity index (χ0) is 18.1. The third-order valence-corrected chi connectivity index (χ3v) is 3.27. The maximum atomic E-state index is 12.1. The molecular weight excluding hydrogens is 314 g/mol. The minimum absolute atomic E-state index is 0.0301. The second kappa shape index (κ2) is 9.51. The number of hydrogen-bond donors (Lipinski definition) is 4. The highest BCUT2D eigenvalue weighted by atomic mass is 16.5. The number of alkyl carbamates (subject to hydrolysis) is 1. The van der Waals surface area contributed by atoms with E-state index in [4.69, 9.17) is 10.5 Å². The molecule has 0 radical (unpaired) electrons. The fourth-order valence-corrected chi connectivity index (χ4v) is 1.92. The molecule has 0 aromatic heterocycles. The second-order valence-electron chi connectivity index (χ2n) is 5.57. The monoisotopic (exact) mass is 337 g/mol. The normalized spacial score (nSPS) is 13.0. The third-order valence-electron chi connectivity index (χ3n) is 3.27. The van der Waals surface area contributed by atoms with E-state index in [0.717, 1.165) is 5.56 Å². The van der Waals surface area contributed by atoms with Crippen molar-refractivity contribution in [3.05, 3.63) is 35.9 Å². The predicted molar refractivity (Wildman–Crippen MR) is 86.6 cm³/mol.